The minimum atomic E-state index is -0.649. The van der Waals surface area contributed by atoms with Crippen molar-refractivity contribution in [2.45, 2.75) is 38.6 Å². The van der Waals surface area contributed by atoms with Gasteiger partial charge in [-0.2, -0.15) is 0 Å². The third kappa shape index (κ3) is 4.09. The lowest BCUT2D eigenvalue weighted by atomic mass is 10.2. The molecule has 0 saturated carbocycles. The summed E-state index contributed by atoms with van der Waals surface area (Å²) in [7, 11) is 0. The normalized spacial score (nSPS) is 11.3. The number of hydrogen-bond acceptors (Lipinski definition) is 4. The monoisotopic (exact) mass is 409 g/mol. The van der Waals surface area contributed by atoms with Gasteiger partial charge in [0.1, 0.15) is 5.60 Å². The molecular weight excluding hydrogens is 394 g/mol. The number of rotatable bonds is 3. The molecule has 0 aliphatic rings. The van der Waals surface area contributed by atoms with Crippen molar-refractivity contribution in [3.8, 4) is 0 Å². The molecule has 0 bridgehead atoms. The maximum absolute atomic E-state index is 12.3. The molecule has 5 nitrogen and oxygen atoms in total. The van der Waals surface area contributed by atoms with E-state index in [4.69, 9.17) is 9.47 Å². The Labute approximate surface area is 134 Å². The van der Waals surface area contributed by atoms with Gasteiger partial charge in [0.15, 0.2) is 5.69 Å². The van der Waals surface area contributed by atoms with Gasteiger partial charge >= 0.3 is 12.1 Å². The maximum Gasteiger partial charge on any atom is 0.419 e. The first-order chi connectivity index (χ1) is 9.21. The highest BCUT2D eigenvalue weighted by atomic mass is 79.9. The molecule has 1 aromatic heterocycles. The maximum atomic E-state index is 12.3. The minimum absolute atomic E-state index is 0.135. The quantitative estimate of drug-likeness (QED) is 0.555. The number of alkyl halides is 1. The Morgan fingerprint density at radius 1 is 1.35 bits per heavy atom. The smallest absolute Gasteiger partial charge is 0.419 e. The highest BCUT2D eigenvalue weighted by Crippen LogP contribution is 2.26. The van der Waals surface area contributed by atoms with Gasteiger partial charge in [-0.3, -0.25) is 0 Å². The molecule has 1 aromatic rings. The van der Waals surface area contributed by atoms with Crippen molar-refractivity contribution in [2.24, 2.45) is 0 Å². The van der Waals surface area contributed by atoms with Gasteiger partial charge in [-0.1, -0.05) is 15.9 Å². The predicted octanol–water partition coefficient (Wildman–Crippen LogP) is 4.11. The Balaban J connectivity index is 3.28. The van der Waals surface area contributed by atoms with Crippen LogP contribution in [0, 0.1) is 0 Å². The van der Waals surface area contributed by atoms with E-state index in [1.807, 2.05) is 0 Å². The first-order valence-corrected chi connectivity index (χ1v) is 7.99. The fourth-order valence-corrected chi connectivity index (χ4v) is 2.55. The molecular formula is C13H17Br2NO4. The van der Waals surface area contributed by atoms with Crippen LogP contribution in [0.2, 0.25) is 0 Å². The van der Waals surface area contributed by atoms with Gasteiger partial charge in [0.2, 0.25) is 0 Å². The Kier molecular flexibility index (Phi) is 5.82. The van der Waals surface area contributed by atoms with Gasteiger partial charge < -0.3 is 9.47 Å². The standard InChI is InChI=1S/C13H17Br2NO4/c1-5-19-11(17)10-9(15)6-8(7-14)16(10)12(18)20-13(2,3)4/h6H,5,7H2,1-4H3. The van der Waals surface area contributed by atoms with Gasteiger partial charge in [0.25, 0.3) is 0 Å². The Bertz CT molecular complexity index is 517. The lowest BCUT2D eigenvalue weighted by Crippen LogP contribution is -2.30. The van der Waals surface area contributed by atoms with Crippen molar-refractivity contribution in [1.82, 2.24) is 4.57 Å². The fraction of sp³-hybridized carbons (Fsp3) is 0.538. The summed E-state index contributed by atoms with van der Waals surface area (Å²) in [5.74, 6) is -0.572. The average Bonchev–Trinajstić information content (AvgIpc) is 2.64. The number of carbonyl (C=O) groups excluding carboxylic acids is 2. The highest BCUT2D eigenvalue weighted by molar-refractivity contribution is 9.10. The molecule has 7 heteroatoms. The summed E-state index contributed by atoms with van der Waals surface area (Å²) in [5.41, 5.74) is 0.0910. The number of hydrogen-bond donors (Lipinski definition) is 0. The third-order valence-electron chi connectivity index (χ3n) is 2.21. The van der Waals surface area contributed by atoms with E-state index in [2.05, 4.69) is 31.9 Å². The summed E-state index contributed by atoms with van der Waals surface area (Å²) >= 11 is 6.57. The summed E-state index contributed by atoms with van der Waals surface area (Å²) in [5, 5.41) is 0.407. The van der Waals surface area contributed by atoms with Crippen molar-refractivity contribution in [3.63, 3.8) is 0 Å². The molecule has 0 aromatic carbocycles. The van der Waals surface area contributed by atoms with Crippen molar-refractivity contribution < 1.29 is 19.1 Å². The largest absolute Gasteiger partial charge is 0.461 e. The summed E-state index contributed by atoms with van der Waals surface area (Å²) in [4.78, 5) is 24.3. The topological polar surface area (TPSA) is 57.5 Å². The fourth-order valence-electron chi connectivity index (χ4n) is 1.53. The third-order valence-corrected chi connectivity index (χ3v) is 3.39. The molecule has 0 amide bonds. The second kappa shape index (κ2) is 6.76. The van der Waals surface area contributed by atoms with E-state index in [1.54, 1.807) is 33.8 Å². The summed E-state index contributed by atoms with van der Waals surface area (Å²) < 4.78 is 12.0. The molecule has 0 unspecified atom stereocenters. The van der Waals surface area contributed by atoms with Gasteiger partial charge in [0, 0.05) is 11.0 Å². The van der Waals surface area contributed by atoms with Gasteiger partial charge in [-0.15, -0.1) is 0 Å². The van der Waals surface area contributed by atoms with Crippen LogP contribution in [-0.4, -0.2) is 28.8 Å². The summed E-state index contributed by atoms with van der Waals surface area (Å²) in [6.07, 6.45) is -0.610. The molecule has 0 saturated heterocycles. The lowest BCUT2D eigenvalue weighted by Gasteiger charge is -2.21. The number of nitrogens with zero attached hydrogens (tertiary/aromatic N) is 1. The molecule has 0 fully saturated rings. The molecule has 0 aliphatic heterocycles. The SMILES string of the molecule is CCOC(=O)c1c(Br)cc(CBr)n1C(=O)OC(C)(C)C. The number of ether oxygens (including phenoxy) is 2. The van der Waals surface area contributed by atoms with E-state index >= 15 is 0 Å². The van der Waals surface area contributed by atoms with Gasteiger partial charge in [0.05, 0.1) is 11.1 Å². The van der Waals surface area contributed by atoms with Crippen molar-refractivity contribution in [3.05, 3.63) is 21.9 Å². The van der Waals surface area contributed by atoms with Gasteiger partial charge in [-0.25, -0.2) is 14.2 Å². The molecule has 1 rings (SSSR count). The van der Waals surface area contributed by atoms with Crippen LogP contribution >= 0.6 is 31.9 Å². The first kappa shape index (κ1) is 17.2. The van der Waals surface area contributed by atoms with E-state index in [-0.39, 0.29) is 12.3 Å². The summed E-state index contributed by atoms with van der Waals surface area (Å²) in [6, 6.07) is 1.69. The zero-order valence-corrected chi connectivity index (χ0v) is 15.0. The molecule has 0 atom stereocenters. The Hall–Kier alpha value is -0.820. The molecule has 0 aliphatic carbocycles. The molecule has 1 heterocycles. The minimum Gasteiger partial charge on any atom is -0.461 e. The number of esters is 1. The van der Waals surface area contributed by atoms with Crippen LogP contribution in [0.25, 0.3) is 0 Å². The second-order valence-corrected chi connectivity index (χ2v) is 6.42. The molecule has 112 valence electrons. The van der Waals surface area contributed by atoms with Crippen LogP contribution in [0.5, 0.6) is 0 Å². The van der Waals surface area contributed by atoms with Crippen LogP contribution in [0.4, 0.5) is 4.79 Å². The van der Waals surface area contributed by atoms with Crippen LogP contribution in [0.3, 0.4) is 0 Å². The van der Waals surface area contributed by atoms with E-state index in [0.717, 1.165) is 0 Å². The van der Waals surface area contributed by atoms with E-state index < -0.39 is 17.7 Å². The molecule has 0 N–H and O–H groups in total. The van der Waals surface area contributed by atoms with Crippen LogP contribution in [-0.2, 0) is 14.8 Å². The first-order valence-electron chi connectivity index (χ1n) is 6.07. The van der Waals surface area contributed by atoms with Crippen LogP contribution in [0.15, 0.2) is 10.5 Å². The van der Waals surface area contributed by atoms with E-state index in [0.29, 0.717) is 15.5 Å². The Morgan fingerprint density at radius 2 is 1.95 bits per heavy atom. The number of carbonyl (C=O) groups is 2. The van der Waals surface area contributed by atoms with Gasteiger partial charge in [-0.05, 0) is 49.7 Å². The van der Waals surface area contributed by atoms with E-state index in [1.165, 1.54) is 4.57 Å². The second-order valence-electron chi connectivity index (χ2n) is 5.00. The number of aromatic nitrogens is 1. The van der Waals surface area contributed by atoms with Crippen LogP contribution in [0.1, 0.15) is 43.9 Å². The summed E-state index contributed by atoms with van der Waals surface area (Å²) in [6.45, 7) is 7.23. The molecule has 20 heavy (non-hydrogen) atoms. The van der Waals surface area contributed by atoms with Crippen LogP contribution < -0.4 is 0 Å². The van der Waals surface area contributed by atoms with E-state index in [9.17, 15) is 9.59 Å². The number of halogens is 2. The Morgan fingerprint density at radius 3 is 2.40 bits per heavy atom. The van der Waals surface area contributed by atoms with Crippen molar-refractivity contribution >= 4 is 43.9 Å². The highest BCUT2D eigenvalue weighted by Gasteiger charge is 2.28. The lowest BCUT2D eigenvalue weighted by molar-refractivity contribution is 0.0446. The zero-order chi connectivity index (χ0) is 15.5. The molecule has 0 spiro atoms. The zero-order valence-electron chi connectivity index (χ0n) is 11.8. The van der Waals surface area contributed by atoms with Crippen molar-refractivity contribution in [2.75, 3.05) is 6.61 Å². The predicted molar refractivity (Wildman–Crippen MR) is 82.4 cm³/mol. The molecule has 0 radical (unpaired) electrons. The van der Waals surface area contributed by atoms with Crippen molar-refractivity contribution in [1.29, 1.82) is 0 Å². The average molecular weight is 411 g/mol.